The lowest BCUT2D eigenvalue weighted by Crippen LogP contribution is -2.30. The molecule has 3 aromatic rings. The van der Waals surface area contributed by atoms with Gasteiger partial charge in [-0.2, -0.15) is 0 Å². The van der Waals surface area contributed by atoms with E-state index in [1.807, 2.05) is 12.1 Å². The summed E-state index contributed by atoms with van der Waals surface area (Å²) in [5, 5.41) is 2.79. The molecule has 150 valence electrons. The highest BCUT2D eigenvalue weighted by Crippen LogP contribution is 2.36. The average molecular weight is 403 g/mol. The minimum absolute atomic E-state index is 0.108. The molecule has 1 unspecified atom stereocenters. The summed E-state index contributed by atoms with van der Waals surface area (Å²) in [6.07, 6.45) is -0.108. The number of esters is 1. The van der Waals surface area contributed by atoms with Crippen molar-refractivity contribution >= 4 is 17.7 Å². The van der Waals surface area contributed by atoms with E-state index in [4.69, 9.17) is 4.74 Å². The maximum Gasteiger partial charge on any atom is 0.307 e. The predicted octanol–water partition coefficient (Wildman–Crippen LogP) is 4.07. The summed E-state index contributed by atoms with van der Waals surface area (Å²) in [4.78, 5) is 37.4. The second-order valence-corrected chi connectivity index (χ2v) is 6.99. The quantitative estimate of drug-likeness (QED) is 0.510. The normalized spacial score (nSPS) is 12.7. The van der Waals surface area contributed by atoms with Crippen LogP contribution in [-0.2, 0) is 9.53 Å². The van der Waals surface area contributed by atoms with Gasteiger partial charge >= 0.3 is 5.97 Å². The van der Waals surface area contributed by atoms with E-state index < -0.39 is 23.7 Å². The number of nitrogens with one attached hydrogen (secondary N) is 1. The van der Waals surface area contributed by atoms with Crippen LogP contribution >= 0.6 is 0 Å². The molecular formula is C24H18FNO4. The molecule has 0 bridgehead atoms. The van der Waals surface area contributed by atoms with Crippen molar-refractivity contribution in [2.75, 3.05) is 7.11 Å². The number of hydrogen-bond donors (Lipinski definition) is 1. The number of ether oxygens (including phenoxy) is 1. The van der Waals surface area contributed by atoms with Crippen molar-refractivity contribution in [2.24, 2.45) is 0 Å². The van der Waals surface area contributed by atoms with Gasteiger partial charge in [0.25, 0.3) is 5.91 Å². The molecule has 5 nitrogen and oxygen atoms in total. The summed E-state index contributed by atoms with van der Waals surface area (Å²) in [6.45, 7) is 0. The number of carbonyl (C=O) groups excluding carboxylic acids is 3. The van der Waals surface area contributed by atoms with E-state index in [2.05, 4.69) is 5.32 Å². The Balaban J connectivity index is 1.61. The van der Waals surface area contributed by atoms with E-state index in [1.165, 1.54) is 31.4 Å². The van der Waals surface area contributed by atoms with Crippen LogP contribution in [0, 0.1) is 5.82 Å². The summed E-state index contributed by atoms with van der Waals surface area (Å²) in [6, 6.07) is 17.1. The van der Waals surface area contributed by atoms with Gasteiger partial charge in [0, 0.05) is 16.7 Å². The number of benzene rings is 3. The molecule has 3 aromatic carbocycles. The molecule has 1 atom stereocenters. The molecule has 1 amide bonds. The highest BCUT2D eigenvalue weighted by atomic mass is 19.1. The number of amides is 1. The van der Waals surface area contributed by atoms with Gasteiger partial charge < -0.3 is 10.1 Å². The van der Waals surface area contributed by atoms with Gasteiger partial charge in [-0.3, -0.25) is 14.4 Å². The first-order valence-corrected chi connectivity index (χ1v) is 9.39. The number of rotatable bonds is 5. The first-order chi connectivity index (χ1) is 14.5. The van der Waals surface area contributed by atoms with Crippen LogP contribution in [0.5, 0.6) is 0 Å². The van der Waals surface area contributed by atoms with E-state index in [-0.39, 0.29) is 12.2 Å². The third-order valence-electron chi connectivity index (χ3n) is 5.16. The molecular weight excluding hydrogens is 385 g/mol. The average Bonchev–Trinajstić information content (AvgIpc) is 3.05. The van der Waals surface area contributed by atoms with E-state index in [1.54, 1.807) is 30.3 Å². The predicted molar refractivity (Wildman–Crippen MR) is 109 cm³/mol. The van der Waals surface area contributed by atoms with Crippen molar-refractivity contribution in [2.45, 2.75) is 12.5 Å². The maximum absolute atomic E-state index is 13.3. The van der Waals surface area contributed by atoms with Crippen molar-refractivity contribution in [3.63, 3.8) is 0 Å². The Morgan fingerprint density at radius 3 is 2.30 bits per heavy atom. The van der Waals surface area contributed by atoms with Gasteiger partial charge in [0.05, 0.1) is 19.6 Å². The minimum atomic E-state index is -0.702. The van der Waals surface area contributed by atoms with E-state index in [0.29, 0.717) is 22.3 Å². The van der Waals surface area contributed by atoms with Crippen LogP contribution in [-0.4, -0.2) is 24.8 Å². The van der Waals surface area contributed by atoms with Crippen molar-refractivity contribution in [1.82, 2.24) is 5.32 Å². The number of halogens is 1. The van der Waals surface area contributed by atoms with Crippen LogP contribution in [0.15, 0.2) is 66.7 Å². The molecule has 0 radical (unpaired) electrons. The zero-order chi connectivity index (χ0) is 21.3. The van der Waals surface area contributed by atoms with Crippen LogP contribution in [0.1, 0.15) is 44.3 Å². The topological polar surface area (TPSA) is 72.5 Å². The first-order valence-electron chi connectivity index (χ1n) is 9.39. The zero-order valence-electron chi connectivity index (χ0n) is 16.1. The van der Waals surface area contributed by atoms with Crippen molar-refractivity contribution in [3.05, 3.63) is 94.8 Å². The monoisotopic (exact) mass is 403 g/mol. The molecule has 1 N–H and O–H groups in total. The lowest BCUT2D eigenvalue weighted by Gasteiger charge is -2.18. The van der Waals surface area contributed by atoms with E-state index in [9.17, 15) is 18.8 Å². The van der Waals surface area contributed by atoms with Gasteiger partial charge in [-0.05, 0) is 41.0 Å². The SMILES string of the molecule is COC(=O)CC(NC(=O)c1ccc2c(c1)C(=O)c1ccccc1-2)c1ccc(F)cc1. The molecule has 0 spiro atoms. The summed E-state index contributed by atoms with van der Waals surface area (Å²) >= 11 is 0. The Kier molecular flexibility index (Phi) is 5.14. The summed E-state index contributed by atoms with van der Waals surface area (Å²) in [7, 11) is 1.26. The van der Waals surface area contributed by atoms with Crippen LogP contribution in [0.3, 0.4) is 0 Å². The van der Waals surface area contributed by atoms with Crippen LogP contribution in [0.2, 0.25) is 0 Å². The minimum Gasteiger partial charge on any atom is -0.469 e. The largest absolute Gasteiger partial charge is 0.469 e. The molecule has 0 aliphatic heterocycles. The van der Waals surface area contributed by atoms with Gasteiger partial charge in [0.15, 0.2) is 5.78 Å². The van der Waals surface area contributed by atoms with Gasteiger partial charge in [-0.1, -0.05) is 42.5 Å². The summed E-state index contributed by atoms with van der Waals surface area (Å²) in [5.41, 5.74) is 3.58. The van der Waals surface area contributed by atoms with Gasteiger partial charge in [-0.25, -0.2) is 4.39 Å². The van der Waals surface area contributed by atoms with Crippen molar-refractivity contribution in [3.8, 4) is 11.1 Å². The van der Waals surface area contributed by atoms with Gasteiger partial charge in [-0.15, -0.1) is 0 Å². The molecule has 4 rings (SSSR count). The second-order valence-electron chi connectivity index (χ2n) is 6.99. The number of hydrogen-bond acceptors (Lipinski definition) is 4. The molecule has 0 fully saturated rings. The highest BCUT2D eigenvalue weighted by molar-refractivity contribution is 6.22. The van der Waals surface area contributed by atoms with E-state index >= 15 is 0 Å². The zero-order valence-corrected chi connectivity index (χ0v) is 16.1. The van der Waals surface area contributed by atoms with Gasteiger partial charge in [0.2, 0.25) is 0 Å². The fourth-order valence-corrected chi connectivity index (χ4v) is 3.61. The van der Waals surface area contributed by atoms with Crippen molar-refractivity contribution < 1.29 is 23.5 Å². The Morgan fingerprint density at radius 1 is 0.933 bits per heavy atom. The molecule has 1 aliphatic rings. The molecule has 0 saturated heterocycles. The van der Waals surface area contributed by atoms with Crippen molar-refractivity contribution in [1.29, 1.82) is 0 Å². The third-order valence-corrected chi connectivity index (χ3v) is 5.16. The Hall–Kier alpha value is -3.80. The molecule has 1 aliphatic carbocycles. The number of ketones is 1. The Bertz CT molecular complexity index is 1150. The molecule has 0 aromatic heterocycles. The smallest absolute Gasteiger partial charge is 0.307 e. The van der Waals surface area contributed by atoms with E-state index in [0.717, 1.165) is 11.1 Å². The lowest BCUT2D eigenvalue weighted by atomic mass is 10.0. The standard InChI is InChI=1S/C24H18FNO4/c1-30-22(27)13-21(14-6-9-16(25)10-7-14)26-24(29)15-8-11-18-17-4-2-3-5-19(17)23(28)20(18)12-15/h2-12,21H,13H2,1H3,(H,26,29). The highest BCUT2D eigenvalue weighted by Gasteiger charge is 2.27. The number of methoxy groups -OCH3 is 1. The molecule has 30 heavy (non-hydrogen) atoms. The fourth-order valence-electron chi connectivity index (χ4n) is 3.61. The number of fused-ring (bicyclic) bond motifs is 3. The first kappa shape index (κ1) is 19.5. The van der Waals surface area contributed by atoms with Crippen LogP contribution in [0.25, 0.3) is 11.1 Å². The Morgan fingerprint density at radius 2 is 1.60 bits per heavy atom. The lowest BCUT2D eigenvalue weighted by molar-refractivity contribution is -0.141. The number of carbonyl (C=O) groups is 3. The summed E-state index contributed by atoms with van der Waals surface area (Å²) < 4.78 is 18.0. The molecule has 6 heteroatoms. The Labute approximate surface area is 172 Å². The molecule has 0 heterocycles. The maximum atomic E-state index is 13.3. The summed E-state index contributed by atoms with van der Waals surface area (Å²) in [5.74, 6) is -1.50. The fraction of sp³-hybridized carbons (Fsp3) is 0.125. The second kappa shape index (κ2) is 7.91. The van der Waals surface area contributed by atoms with Gasteiger partial charge in [0.1, 0.15) is 5.82 Å². The third kappa shape index (κ3) is 3.59. The molecule has 0 saturated carbocycles. The van der Waals surface area contributed by atoms with Crippen LogP contribution in [0.4, 0.5) is 4.39 Å². The van der Waals surface area contributed by atoms with Crippen LogP contribution < -0.4 is 5.32 Å².